The fourth-order valence-corrected chi connectivity index (χ4v) is 6.07. The predicted molar refractivity (Wildman–Crippen MR) is 183 cm³/mol. The van der Waals surface area contributed by atoms with Gasteiger partial charge in [0.25, 0.3) is 0 Å². The van der Waals surface area contributed by atoms with Gasteiger partial charge in [0.1, 0.15) is 11.4 Å². The number of methoxy groups -OCH3 is 1. The standard InChI is InChI=1S/C30H37FN6O2.C6H10/c1-8-20-13-11-12-14-22(20)21(9-2)29-23(31)19-32-30(35-29)34-25-17-24(33-28(38)10-3)26(18-27(25)39-7)37(6)16-15-36(4)5;1-6-2-5(3-6)4-6/h9-14,17-19H,3,8,15-16H2,1-2,4-7H3,(H,33,38)(H,32,34,35);5H,2-4H2,1H3/b21-9+;. The minimum atomic E-state index is -0.525. The number of aryl methyl sites for hydroxylation is 1. The Labute approximate surface area is 267 Å². The largest absolute Gasteiger partial charge is 0.494 e. The lowest BCUT2D eigenvalue weighted by atomic mass is 9.46. The van der Waals surface area contributed by atoms with E-state index in [0.717, 1.165) is 47.9 Å². The Balaban J connectivity index is 0.000000673. The molecular formula is C36H47FN6O2. The van der Waals surface area contributed by atoms with Gasteiger partial charge < -0.3 is 25.2 Å². The molecular weight excluding hydrogens is 567 g/mol. The highest BCUT2D eigenvalue weighted by atomic mass is 19.1. The molecule has 8 nitrogen and oxygen atoms in total. The molecule has 9 heteroatoms. The number of ether oxygens (including phenoxy) is 1. The Hall–Kier alpha value is -4.24. The number of allylic oxidation sites excluding steroid dienone is 1. The van der Waals surface area contributed by atoms with Gasteiger partial charge in [0, 0.05) is 31.8 Å². The summed E-state index contributed by atoms with van der Waals surface area (Å²) in [5.41, 5.74) is 5.58. The maximum Gasteiger partial charge on any atom is 0.247 e. The summed E-state index contributed by atoms with van der Waals surface area (Å²) in [5.74, 6) is 1.00. The van der Waals surface area contributed by atoms with Crippen molar-refractivity contribution in [3.05, 3.63) is 84.0 Å². The zero-order valence-electron chi connectivity index (χ0n) is 27.7. The second-order valence-corrected chi connectivity index (χ2v) is 12.5. The maximum atomic E-state index is 15.0. The van der Waals surface area contributed by atoms with E-state index in [2.05, 4.69) is 45.9 Å². The average molecular weight is 615 g/mol. The van der Waals surface area contributed by atoms with Crippen LogP contribution in [0.5, 0.6) is 5.75 Å². The lowest BCUT2D eigenvalue weighted by molar-refractivity contribution is -0.111. The van der Waals surface area contributed by atoms with Gasteiger partial charge in [-0.05, 0) is 81.3 Å². The first-order valence-corrected chi connectivity index (χ1v) is 15.6. The minimum Gasteiger partial charge on any atom is -0.494 e. The normalized spacial score (nSPS) is 18.2. The number of anilines is 4. The summed E-state index contributed by atoms with van der Waals surface area (Å²) in [6.07, 6.45) is 9.66. The van der Waals surface area contributed by atoms with E-state index in [9.17, 15) is 4.79 Å². The van der Waals surface area contributed by atoms with Crippen molar-refractivity contribution in [2.24, 2.45) is 11.3 Å². The van der Waals surface area contributed by atoms with Crippen molar-refractivity contribution in [2.75, 3.05) is 56.9 Å². The van der Waals surface area contributed by atoms with Crippen molar-refractivity contribution in [2.45, 2.75) is 46.5 Å². The van der Waals surface area contributed by atoms with Crippen LogP contribution in [0.4, 0.5) is 27.4 Å². The van der Waals surface area contributed by atoms with Crippen LogP contribution in [0, 0.1) is 17.2 Å². The lowest BCUT2D eigenvalue weighted by Gasteiger charge is -2.60. The highest BCUT2D eigenvalue weighted by Crippen LogP contribution is 2.63. The van der Waals surface area contributed by atoms with Crippen LogP contribution in [0.15, 0.2) is 61.3 Å². The van der Waals surface area contributed by atoms with Crippen molar-refractivity contribution in [1.82, 2.24) is 14.9 Å². The molecule has 1 amide bonds. The number of hydrogen-bond donors (Lipinski definition) is 2. The summed E-state index contributed by atoms with van der Waals surface area (Å²) in [5, 5.41) is 6.02. The molecule has 1 heterocycles. The molecule has 2 N–H and O–H groups in total. The van der Waals surface area contributed by atoms with Crippen molar-refractivity contribution in [3.63, 3.8) is 0 Å². The second kappa shape index (κ2) is 14.7. The van der Waals surface area contributed by atoms with Crippen molar-refractivity contribution in [3.8, 4) is 5.75 Å². The van der Waals surface area contributed by atoms with Gasteiger partial charge in [-0.2, -0.15) is 0 Å². The molecule has 45 heavy (non-hydrogen) atoms. The number of amides is 1. The van der Waals surface area contributed by atoms with Gasteiger partial charge in [-0.15, -0.1) is 0 Å². The number of likely N-dealkylation sites (N-methyl/N-ethyl adjacent to an activating group) is 2. The van der Waals surface area contributed by atoms with Gasteiger partial charge in [0.05, 0.1) is 30.4 Å². The summed E-state index contributed by atoms with van der Waals surface area (Å²) >= 11 is 0. The van der Waals surface area contributed by atoms with Gasteiger partial charge in [0.2, 0.25) is 11.9 Å². The molecule has 3 aliphatic rings. The SMILES string of the molecule is C=CC(=O)Nc1cc(Nc2ncc(F)c(/C(=C/C)c3ccccc3CC)n2)c(OC)cc1N(C)CCN(C)C.CC12CC(C1)C2. The van der Waals surface area contributed by atoms with Crippen molar-refractivity contribution in [1.29, 1.82) is 0 Å². The third-order valence-corrected chi connectivity index (χ3v) is 8.62. The summed E-state index contributed by atoms with van der Waals surface area (Å²) in [7, 11) is 7.50. The number of carbonyl (C=O) groups excluding carboxylic acids is 1. The van der Waals surface area contributed by atoms with E-state index in [1.54, 1.807) is 32.4 Å². The van der Waals surface area contributed by atoms with E-state index in [-0.39, 0.29) is 17.5 Å². The molecule has 2 bridgehead atoms. The van der Waals surface area contributed by atoms with E-state index in [0.29, 0.717) is 22.7 Å². The molecule has 0 saturated heterocycles. The molecule has 0 unspecified atom stereocenters. The fourth-order valence-electron chi connectivity index (χ4n) is 6.07. The van der Waals surface area contributed by atoms with Gasteiger partial charge in [-0.1, -0.05) is 50.8 Å². The highest BCUT2D eigenvalue weighted by molar-refractivity contribution is 6.02. The Bertz CT molecular complexity index is 1540. The van der Waals surface area contributed by atoms with E-state index in [1.165, 1.54) is 12.0 Å². The van der Waals surface area contributed by atoms with E-state index in [1.807, 2.05) is 69.4 Å². The fraction of sp³-hybridized carbons (Fsp3) is 0.417. The quantitative estimate of drug-likeness (QED) is 0.207. The molecule has 2 aromatic carbocycles. The van der Waals surface area contributed by atoms with Crippen molar-refractivity contribution >= 4 is 34.5 Å². The topological polar surface area (TPSA) is 82.6 Å². The third kappa shape index (κ3) is 8.08. The minimum absolute atomic E-state index is 0.188. The number of carbonyl (C=O) groups is 1. The number of halogens is 1. The number of hydrogen-bond acceptors (Lipinski definition) is 7. The second-order valence-electron chi connectivity index (χ2n) is 12.5. The van der Waals surface area contributed by atoms with Crippen LogP contribution in [-0.2, 0) is 11.2 Å². The zero-order valence-corrected chi connectivity index (χ0v) is 27.7. The van der Waals surface area contributed by atoms with Gasteiger partial charge in [0.15, 0.2) is 5.82 Å². The maximum absolute atomic E-state index is 15.0. The average Bonchev–Trinajstić information content (AvgIpc) is 3.00. The molecule has 240 valence electrons. The van der Waals surface area contributed by atoms with Crippen LogP contribution in [0.25, 0.3) is 5.57 Å². The molecule has 3 aromatic rings. The van der Waals surface area contributed by atoms with Crippen LogP contribution in [0.2, 0.25) is 0 Å². The monoisotopic (exact) mass is 614 g/mol. The molecule has 3 saturated carbocycles. The summed E-state index contributed by atoms with van der Waals surface area (Å²) < 4.78 is 20.7. The number of aromatic nitrogens is 2. The summed E-state index contributed by atoms with van der Waals surface area (Å²) in [6, 6.07) is 11.5. The van der Waals surface area contributed by atoms with Crippen LogP contribution in [0.3, 0.4) is 0 Å². The number of rotatable bonds is 12. The Kier molecular flexibility index (Phi) is 11.0. The molecule has 3 fully saturated rings. The molecule has 6 rings (SSSR count). The van der Waals surface area contributed by atoms with E-state index < -0.39 is 5.82 Å². The molecule has 0 spiro atoms. The Morgan fingerprint density at radius 2 is 1.84 bits per heavy atom. The molecule has 0 radical (unpaired) electrons. The van der Waals surface area contributed by atoms with Crippen LogP contribution < -0.4 is 20.3 Å². The first-order valence-electron chi connectivity index (χ1n) is 15.6. The van der Waals surface area contributed by atoms with Gasteiger partial charge in [-0.3, -0.25) is 4.79 Å². The highest BCUT2D eigenvalue weighted by Gasteiger charge is 2.52. The third-order valence-electron chi connectivity index (χ3n) is 8.62. The summed E-state index contributed by atoms with van der Waals surface area (Å²) in [4.78, 5) is 25.1. The number of nitrogens with zero attached hydrogens (tertiary/aromatic N) is 4. The molecule has 3 aliphatic carbocycles. The molecule has 1 aromatic heterocycles. The number of benzene rings is 2. The van der Waals surface area contributed by atoms with Crippen LogP contribution in [0.1, 0.15) is 56.9 Å². The first-order chi connectivity index (χ1) is 21.5. The zero-order chi connectivity index (χ0) is 32.7. The van der Waals surface area contributed by atoms with Crippen LogP contribution >= 0.6 is 0 Å². The van der Waals surface area contributed by atoms with Crippen LogP contribution in [-0.4, -0.2) is 62.1 Å². The molecule has 0 atom stereocenters. The van der Waals surface area contributed by atoms with E-state index in [4.69, 9.17) is 4.74 Å². The Morgan fingerprint density at radius 3 is 2.40 bits per heavy atom. The Morgan fingerprint density at radius 1 is 1.16 bits per heavy atom. The first kappa shape index (κ1) is 33.6. The summed E-state index contributed by atoms with van der Waals surface area (Å²) in [6.45, 7) is 11.4. The number of nitrogens with one attached hydrogen (secondary N) is 2. The van der Waals surface area contributed by atoms with Crippen molar-refractivity contribution < 1.29 is 13.9 Å². The smallest absolute Gasteiger partial charge is 0.247 e. The molecule has 0 aliphatic heterocycles. The predicted octanol–water partition coefficient (Wildman–Crippen LogP) is 7.31. The van der Waals surface area contributed by atoms with E-state index >= 15 is 4.39 Å². The van der Waals surface area contributed by atoms with Gasteiger partial charge >= 0.3 is 0 Å². The lowest BCUT2D eigenvalue weighted by Crippen LogP contribution is -2.48. The van der Waals surface area contributed by atoms with Gasteiger partial charge in [-0.25, -0.2) is 14.4 Å².